The molecule has 0 aliphatic carbocycles. The Morgan fingerprint density at radius 3 is 0.942 bits per heavy atom. The van der Waals surface area contributed by atoms with Gasteiger partial charge in [0.2, 0.25) is 0 Å². The monoisotopic (exact) mass is 701 g/mol. The molecule has 0 spiro atoms. The van der Waals surface area contributed by atoms with Crippen LogP contribution in [0.2, 0.25) is 0 Å². The first-order valence-corrected chi connectivity index (χ1v) is 21.7. The largest absolute Gasteiger partial charge is 0.311 e. The molecule has 0 aliphatic heterocycles. The third-order valence-electron chi connectivity index (χ3n) is 10.1. The Morgan fingerprint density at radius 1 is 0.288 bits per heavy atom. The lowest BCUT2D eigenvalue weighted by atomic mass is 10.2. The van der Waals surface area contributed by atoms with Gasteiger partial charge in [-0.05, 0) is 79.9 Å². The summed E-state index contributed by atoms with van der Waals surface area (Å²) >= 11 is 0. The lowest BCUT2D eigenvalue weighted by molar-refractivity contribution is 1.28. The minimum atomic E-state index is -2.78. The molecule has 0 bridgehead atoms. The van der Waals surface area contributed by atoms with Crippen LogP contribution in [0.25, 0.3) is 0 Å². The van der Waals surface area contributed by atoms with E-state index in [1.165, 1.54) is 36.7 Å². The lowest BCUT2D eigenvalue weighted by Gasteiger charge is -2.35. The van der Waals surface area contributed by atoms with Gasteiger partial charge in [-0.1, -0.05) is 200 Å². The molecule has 8 aromatic rings. The van der Waals surface area contributed by atoms with Gasteiger partial charge in [0.1, 0.15) is 0 Å². The fourth-order valence-corrected chi connectivity index (χ4v) is 15.2. The zero-order valence-corrected chi connectivity index (χ0v) is 30.9. The van der Waals surface area contributed by atoms with Crippen molar-refractivity contribution in [3.8, 4) is 0 Å². The van der Waals surface area contributed by atoms with Crippen molar-refractivity contribution in [1.29, 1.82) is 0 Å². The molecule has 0 radical (unpaired) electrons. The second kappa shape index (κ2) is 14.7. The number of nitrogens with zero attached hydrogens (tertiary/aromatic N) is 1. The molecule has 0 N–H and O–H groups in total. The molecule has 3 heteroatoms. The molecule has 1 nitrogen and oxygen atoms in total. The summed E-state index contributed by atoms with van der Waals surface area (Å²) in [6, 6.07) is 84.1. The summed E-state index contributed by atoms with van der Waals surface area (Å²) in [6.45, 7) is -2.13. The zero-order chi connectivity index (χ0) is 35.2. The minimum Gasteiger partial charge on any atom is -0.311 e. The van der Waals surface area contributed by atoms with Gasteiger partial charge in [-0.3, -0.25) is 0 Å². The van der Waals surface area contributed by atoms with Crippen LogP contribution in [-0.2, 0) is 0 Å². The van der Waals surface area contributed by atoms with Gasteiger partial charge in [0.15, 0.2) is 8.07 Å². The van der Waals surface area contributed by atoms with Gasteiger partial charge < -0.3 is 4.90 Å². The maximum Gasteiger partial charge on any atom is 0.179 e. The molecule has 0 fully saturated rings. The molecule has 0 heterocycles. The maximum absolute atomic E-state index is 5.04. The predicted molar refractivity (Wildman–Crippen MR) is 231 cm³/mol. The van der Waals surface area contributed by atoms with Gasteiger partial charge in [-0.25, -0.2) is 0 Å². The van der Waals surface area contributed by atoms with Crippen LogP contribution in [-0.4, -0.2) is 14.4 Å². The van der Waals surface area contributed by atoms with E-state index in [0.29, 0.717) is 0 Å². The molecular weight excluding hydrogens is 662 g/mol. The number of hydrogen-bond donors (Lipinski definition) is 0. The number of para-hydroxylation sites is 2. The highest BCUT2D eigenvalue weighted by Crippen LogP contribution is 2.41. The van der Waals surface area contributed by atoms with Gasteiger partial charge in [-0.2, -0.15) is 0 Å². The Balaban J connectivity index is 1.32. The molecular formula is C49H40NPSi. The standard InChI is InChI=1S/C49H40NPSi/c1-51(43-24-12-4-13-25-43,44-26-14-5-15-27-44)45-34-38-49(39-35-45)52(46-28-16-6-17-29-46,47-30-18-7-19-31-47)48-36-32-42(33-37-48)50(40-20-8-2-9-21-40)41-22-10-3-11-23-41/h2-39H,1H2. The first kappa shape index (κ1) is 33.2. The second-order valence-corrected chi connectivity index (χ2v) is 20.0. The van der Waals surface area contributed by atoms with Gasteiger partial charge >= 0.3 is 0 Å². The van der Waals surface area contributed by atoms with Crippen molar-refractivity contribution in [2.45, 2.75) is 0 Å². The van der Waals surface area contributed by atoms with Crippen molar-refractivity contribution in [2.24, 2.45) is 0 Å². The Kier molecular flexibility index (Phi) is 9.42. The number of benzene rings is 8. The van der Waals surface area contributed by atoms with Gasteiger partial charge in [0.05, 0.1) is 0 Å². The second-order valence-electron chi connectivity index (χ2n) is 13.1. The summed E-state index contributed by atoms with van der Waals surface area (Å²) < 4.78 is 0. The van der Waals surface area contributed by atoms with Crippen LogP contribution < -0.4 is 41.6 Å². The van der Waals surface area contributed by atoms with Crippen LogP contribution in [0, 0.1) is 0 Å². The highest BCUT2D eigenvalue weighted by atomic mass is 31.2. The van der Waals surface area contributed by atoms with E-state index in [9.17, 15) is 0 Å². The molecule has 52 heavy (non-hydrogen) atoms. The van der Waals surface area contributed by atoms with Gasteiger partial charge in [-0.15, -0.1) is 0 Å². The Morgan fingerprint density at radius 2 is 0.558 bits per heavy atom. The van der Waals surface area contributed by atoms with Gasteiger partial charge in [0, 0.05) is 17.1 Å². The Bertz CT molecular complexity index is 2260. The fourth-order valence-electron chi connectivity index (χ4n) is 7.62. The van der Waals surface area contributed by atoms with Crippen LogP contribution in [0.15, 0.2) is 231 Å². The number of hydrogen-bond acceptors (Lipinski definition) is 1. The van der Waals surface area contributed by atoms with Crippen LogP contribution >= 0.6 is 6.89 Å². The van der Waals surface area contributed by atoms with E-state index < -0.39 is 15.0 Å². The summed E-state index contributed by atoms with van der Waals surface area (Å²) in [5, 5.41) is 9.22. The number of rotatable bonds is 10. The SMILES string of the molecule is C=P(c1ccccc1)(c1ccccc1)c1ccc([Si](c2ccccc2)(c2ccccc2)c2ccc(N(c3ccccc3)c3ccccc3)cc2)cc1. The normalized spacial score (nSPS) is 11.5. The summed E-state index contributed by atoms with van der Waals surface area (Å²) in [4.78, 5) is 2.33. The van der Waals surface area contributed by atoms with E-state index in [1.54, 1.807) is 0 Å². The topological polar surface area (TPSA) is 3.24 Å². The molecule has 8 rings (SSSR count). The molecule has 0 saturated heterocycles. The highest BCUT2D eigenvalue weighted by Gasteiger charge is 2.41. The van der Waals surface area contributed by atoms with Crippen molar-refractivity contribution in [3.05, 3.63) is 231 Å². The molecule has 8 aromatic carbocycles. The fraction of sp³-hybridized carbons (Fsp3) is 0. The Labute approximate surface area is 309 Å². The average Bonchev–Trinajstić information content (AvgIpc) is 3.24. The summed E-state index contributed by atoms with van der Waals surface area (Å²) in [7, 11) is -2.78. The third-order valence-corrected chi connectivity index (χ3v) is 18.5. The van der Waals surface area contributed by atoms with Crippen molar-refractivity contribution in [3.63, 3.8) is 0 Å². The summed E-state index contributed by atoms with van der Waals surface area (Å²) in [6.07, 6.45) is 5.04. The molecule has 0 saturated carbocycles. The summed E-state index contributed by atoms with van der Waals surface area (Å²) in [5.74, 6) is 0. The zero-order valence-electron chi connectivity index (χ0n) is 29.0. The highest BCUT2D eigenvalue weighted by molar-refractivity contribution is 7.93. The molecule has 0 amide bonds. The van der Waals surface area contributed by atoms with Crippen LogP contribution in [0.5, 0.6) is 0 Å². The molecule has 0 aliphatic rings. The predicted octanol–water partition coefficient (Wildman–Crippen LogP) is 8.26. The third kappa shape index (κ3) is 6.07. The first-order chi connectivity index (χ1) is 25.7. The lowest BCUT2D eigenvalue weighted by Crippen LogP contribution is -2.74. The quantitative estimate of drug-likeness (QED) is 0.0789. The van der Waals surface area contributed by atoms with E-state index in [1.807, 2.05) is 0 Å². The smallest absolute Gasteiger partial charge is 0.179 e. The van der Waals surface area contributed by atoms with E-state index in [4.69, 9.17) is 6.30 Å². The van der Waals surface area contributed by atoms with Gasteiger partial charge in [0.25, 0.3) is 0 Å². The van der Waals surface area contributed by atoms with Crippen molar-refractivity contribution < 1.29 is 0 Å². The molecule has 0 aromatic heterocycles. The number of anilines is 3. The van der Waals surface area contributed by atoms with E-state index in [2.05, 4.69) is 235 Å². The first-order valence-electron chi connectivity index (χ1n) is 17.8. The van der Waals surface area contributed by atoms with Crippen molar-refractivity contribution in [1.82, 2.24) is 0 Å². The van der Waals surface area contributed by atoms with Crippen LogP contribution in [0.1, 0.15) is 0 Å². The van der Waals surface area contributed by atoms with Crippen LogP contribution in [0.4, 0.5) is 17.1 Å². The minimum absolute atomic E-state index is 1.12. The van der Waals surface area contributed by atoms with Crippen LogP contribution in [0.3, 0.4) is 0 Å². The van der Waals surface area contributed by atoms with E-state index in [-0.39, 0.29) is 0 Å². The van der Waals surface area contributed by atoms with Crippen molar-refractivity contribution in [2.75, 3.05) is 4.90 Å². The summed E-state index contributed by atoms with van der Waals surface area (Å²) in [5.41, 5.74) is 3.38. The average molecular weight is 702 g/mol. The maximum atomic E-state index is 5.04. The Hall–Kier alpha value is -5.92. The van der Waals surface area contributed by atoms with E-state index in [0.717, 1.165) is 17.1 Å². The molecule has 250 valence electrons. The van der Waals surface area contributed by atoms with E-state index >= 15 is 0 Å². The van der Waals surface area contributed by atoms with Crippen molar-refractivity contribution >= 4 is 75.0 Å². The molecule has 0 atom stereocenters. The molecule has 0 unspecified atom stereocenters.